The molecule has 0 amide bonds. The van der Waals surface area contributed by atoms with Gasteiger partial charge in [-0.1, -0.05) is 6.07 Å². The van der Waals surface area contributed by atoms with Gasteiger partial charge in [0.15, 0.2) is 0 Å². The van der Waals surface area contributed by atoms with E-state index in [-0.39, 0.29) is 11.5 Å². The van der Waals surface area contributed by atoms with Crippen LogP contribution in [0, 0.1) is 10.1 Å². The van der Waals surface area contributed by atoms with Gasteiger partial charge in [-0.2, -0.15) is 0 Å². The van der Waals surface area contributed by atoms with Crippen LogP contribution in [0.5, 0.6) is 5.75 Å². The lowest BCUT2D eigenvalue weighted by Gasteiger charge is -2.17. The van der Waals surface area contributed by atoms with E-state index in [4.69, 9.17) is 4.74 Å². The van der Waals surface area contributed by atoms with Crippen molar-refractivity contribution in [3.8, 4) is 5.75 Å². The SMILES string of the molecule is COc1cccc(Nc2ncnc(N3CCCC3)c2[N+](=O)[O-])c1. The Balaban J connectivity index is 1.97. The maximum atomic E-state index is 11.5. The second kappa shape index (κ2) is 6.47. The van der Waals surface area contributed by atoms with Crippen LogP contribution < -0.4 is 15.0 Å². The van der Waals surface area contributed by atoms with Crippen molar-refractivity contribution in [2.24, 2.45) is 0 Å². The maximum absolute atomic E-state index is 11.5. The lowest BCUT2D eigenvalue weighted by Crippen LogP contribution is -2.21. The summed E-state index contributed by atoms with van der Waals surface area (Å²) in [5.41, 5.74) is 0.566. The number of rotatable bonds is 5. The molecule has 8 nitrogen and oxygen atoms in total. The van der Waals surface area contributed by atoms with E-state index in [2.05, 4.69) is 15.3 Å². The Morgan fingerprint density at radius 1 is 1.30 bits per heavy atom. The molecule has 1 aromatic carbocycles. The number of ether oxygens (including phenoxy) is 1. The Hall–Kier alpha value is -2.90. The minimum absolute atomic E-state index is 0.0998. The zero-order chi connectivity index (χ0) is 16.2. The van der Waals surface area contributed by atoms with E-state index >= 15 is 0 Å². The van der Waals surface area contributed by atoms with Gasteiger partial charge in [0.2, 0.25) is 11.6 Å². The van der Waals surface area contributed by atoms with Crippen LogP contribution in [0.25, 0.3) is 0 Å². The number of methoxy groups -OCH3 is 1. The number of anilines is 3. The molecular weight excluding hydrogens is 298 g/mol. The molecule has 0 aliphatic carbocycles. The normalized spacial score (nSPS) is 13.9. The highest BCUT2D eigenvalue weighted by molar-refractivity contribution is 5.74. The van der Waals surface area contributed by atoms with Crippen molar-refractivity contribution in [3.63, 3.8) is 0 Å². The van der Waals surface area contributed by atoms with E-state index in [0.717, 1.165) is 25.9 Å². The molecule has 0 spiro atoms. The molecule has 1 N–H and O–H groups in total. The number of aromatic nitrogens is 2. The summed E-state index contributed by atoms with van der Waals surface area (Å²) < 4.78 is 5.16. The van der Waals surface area contributed by atoms with Crippen molar-refractivity contribution < 1.29 is 9.66 Å². The third-order valence-corrected chi connectivity index (χ3v) is 3.72. The van der Waals surface area contributed by atoms with Gasteiger partial charge in [-0.05, 0) is 25.0 Å². The third kappa shape index (κ3) is 3.15. The topological polar surface area (TPSA) is 93.4 Å². The highest BCUT2D eigenvalue weighted by Gasteiger charge is 2.28. The second-order valence-corrected chi connectivity index (χ2v) is 5.20. The molecule has 1 saturated heterocycles. The largest absolute Gasteiger partial charge is 0.497 e. The van der Waals surface area contributed by atoms with Crippen LogP contribution in [0.3, 0.4) is 0 Å². The molecule has 2 aromatic rings. The van der Waals surface area contributed by atoms with Crippen molar-refractivity contribution in [2.75, 3.05) is 30.4 Å². The molecule has 3 rings (SSSR count). The predicted molar refractivity (Wildman–Crippen MR) is 86.4 cm³/mol. The van der Waals surface area contributed by atoms with Crippen molar-refractivity contribution >= 4 is 23.0 Å². The minimum Gasteiger partial charge on any atom is -0.497 e. The Bertz CT molecular complexity index is 716. The number of nitro groups is 1. The van der Waals surface area contributed by atoms with Gasteiger partial charge in [0.05, 0.1) is 12.0 Å². The summed E-state index contributed by atoms with van der Waals surface area (Å²) >= 11 is 0. The summed E-state index contributed by atoms with van der Waals surface area (Å²) in [4.78, 5) is 21.2. The van der Waals surface area contributed by atoms with Gasteiger partial charge in [-0.25, -0.2) is 9.97 Å². The van der Waals surface area contributed by atoms with Gasteiger partial charge in [-0.15, -0.1) is 0 Å². The molecule has 1 fully saturated rings. The molecule has 1 aromatic heterocycles. The lowest BCUT2D eigenvalue weighted by molar-refractivity contribution is -0.383. The van der Waals surface area contributed by atoms with Gasteiger partial charge in [0.25, 0.3) is 0 Å². The molecule has 0 saturated carbocycles. The molecule has 1 aliphatic rings. The van der Waals surface area contributed by atoms with Gasteiger partial charge < -0.3 is 15.0 Å². The van der Waals surface area contributed by atoms with Crippen LogP contribution in [0.4, 0.5) is 23.0 Å². The predicted octanol–water partition coefficient (Wildman–Crippen LogP) is 2.74. The quantitative estimate of drug-likeness (QED) is 0.669. The van der Waals surface area contributed by atoms with Crippen LogP contribution in [-0.2, 0) is 0 Å². The third-order valence-electron chi connectivity index (χ3n) is 3.72. The summed E-state index contributed by atoms with van der Waals surface area (Å²) in [6.45, 7) is 1.55. The van der Waals surface area contributed by atoms with Crippen LogP contribution in [0.2, 0.25) is 0 Å². The maximum Gasteiger partial charge on any atom is 0.353 e. The van der Waals surface area contributed by atoms with E-state index in [0.29, 0.717) is 17.3 Å². The standard InChI is InChI=1S/C15H17N5O3/c1-23-12-6-4-5-11(9-12)18-14-13(20(21)22)15(17-10-16-14)19-7-2-3-8-19/h4-6,9-10H,2-3,7-8H2,1H3,(H,16,17,18). The van der Waals surface area contributed by atoms with Crippen LogP contribution in [-0.4, -0.2) is 35.1 Å². The Labute approximate surface area is 133 Å². The monoisotopic (exact) mass is 315 g/mol. The first-order valence-electron chi connectivity index (χ1n) is 7.34. The minimum atomic E-state index is -0.434. The molecule has 0 bridgehead atoms. The molecule has 23 heavy (non-hydrogen) atoms. The van der Waals surface area contributed by atoms with Crippen molar-refractivity contribution in [3.05, 3.63) is 40.7 Å². The molecule has 2 heterocycles. The fourth-order valence-electron chi connectivity index (χ4n) is 2.63. The lowest BCUT2D eigenvalue weighted by atomic mass is 10.3. The number of nitrogens with zero attached hydrogens (tertiary/aromatic N) is 4. The van der Waals surface area contributed by atoms with E-state index in [9.17, 15) is 10.1 Å². The average molecular weight is 315 g/mol. The fourth-order valence-corrected chi connectivity index (χ4v) is 2.63. The molecule has 0 unspecified atom stereocenters. The van der Waals surface area contributed by atoms with E-state index < -0.39 is 4.92 Å². The molecule has 120 valence electrons. The van der Waals surface area contributed by atoms with Crippen LogP contribution >= 0.6 is 0 Å². The molecule has 1 aliphatic heterocycles. The van der Waals surface area contributed by atoms with Gasteiger partial charge in [0.1, 0.15) is 12.1 Å². The molecular formula is C15H17N5O3. The van der Waals surface area contributed by atoms with E-state index in [1.807, 2.05) is 4.90 Å². The fraction of sp³-hybridized carbons (Fsp3) is 0.333. The van der Waals surface area contributed by atoms with Gasteiger partial charge in [0, 0.05) is 24.8 Å². The summed E-state index contributed by atoms with van der Waals surface area (Å²) in [7, 11) is 1.57. The zero-order valence-corrected chi connectivity index (χ0v) is 12.7. The number of hydrogen-bond donors (Lipinski definition) is 1. The molecule has 0 radical (unpaired) electrons. The number of hydrogen-bond acceptors (Lipinski definition) is 7. The number of benzene rings is 1. The first kappa shape index (κ1) is 15.0. The smallest absolute Gasteiger partial charge is 0.353 e. The molecule has 0 atom stereocenters. The summed E-state index contributed by atoms with van der Waals surface area (Å²) in [6.07, 6.45) is 3.38. The highest BCUT2D eigenvalue weighted by atomic mass is 16.6. The molecule has 8 heteroatoms. The van der Waals surface area contributed by atoms with Gasteiger partial charge >= 0.3 is 5.69 Å². The first-order chi connectivity index (χ1) is 11.2. The Morgan fingerprint density at radius 2 is 2.09 bits per heavy atom. The van der Waals surface area contributed by atoms with Gasteiger partial charge in [-0.3, -0.25) is 10.1 Å². The number of nitrogens with one attached hydrogen (secondary N) is 1. The van der Waals surface area contributed by atoms with Crippen LogP contribution in [0.15, 0.2) is 30.6 Å². The van der Waals surface area contributed by atoms with E-state index in [1.54, 1.807) is 31.4 Å². The summed E-state index contributed by atoms with van der Waals surface area (Å²) in [6, 6.07) is 7.15. The Morgan fingerprint density at radius 3 is 2.78 bits per heavy atom. The zero-order valence-electron chi connectivity index (χ0n) is 12.7. The van der Waals surface area contributed by atoms with Crippen molar-refractivity contribution in [2.45, 2.75) is 12.8 Å². The Kier molecular flexibility index (Phi) is 4.22. The second-order valence-electron chi connectivity index (χ2n) is 5.20. The summed E-state index contributed by atoms with van der Waals surface area (Å²) in [5, 5.41) is 14.5. The highest BCUT2D eigenvalue weighted by Crippen LogP contribution is 2.35. The van der Waals surface area contributed by atoms with Crippen molar-refractivity contribution in [1.82, 2.24) is 9.97 Å². The summed E-state index contributed by atoms with van der Waals surface area (Å²) in [5.74, 6) is 1.21. The van der Waals surface area contributed by atoms with Crippen LogP contribution in [0.1, 0.15) is 12.8 Å². The van der Waals surface area contributed by atoms with E-state index in [1.165, 1.54) is 6.33 Å². The average Bonchev–Trinajstić information content (AvgIpc) is 3.09. The van der Waals surface area contributed by atoms with Crippen molar-refractivity contribution in [1.29, 1.82) is 0 Å². The first-order valence-corrected chi connectivity index (χ1v) is 7.34.